The number of nitrogens with zero attached hydrogens (tertiary/aromatic N) is 3. The van der Waals surface area contributed by atoms with Gasteiger partial charge in [-0.1, -0.05) is 18.2 Å². The molecule has 3 aromatic heterocycles. The molecule has 0 aliphatic rings. The molecule has 0 aliphatic heterocycles. The number of carbonyl (C=O) groups excluding carboxylic acids is 1. The molecule has 5 heteroatoms. The van der Waals surface area contributed by atoms with Gasteiger partial charge >= 0.3 is 0 Å². The predicted octanol–water partition coefficient (Wildman–Crippen LogP) is 3.96. The molecule has 3 rings (SSSR count). The van der Waals surface area contributed by atoms with Crippen molar-refractivity contribution in [2.75, 3.05) is 0 Å². The second-order valence-electron chi connectivity index (χ2n) is 5.12. The summed E-state index contributed by atoms with van der Waals surface area (Å²) < 4.78 is 1.68. The van der Waals surface area contributed by atoms with Gasteiger partial charge in [0, 0.05) is 23.7 Å². The van der Waals surface area contributed by atoms with Gasteiger partial charge in [0.15, 0.2) is 5.78 Å². The molecule has 0 aromatic carbocycles. The van der Waals surface area contributed by atoms with Gasteiger partial charge in [-0.15, -0.1) is 0 Å². The average Bonchev–Trinajstić information content (AvgIpc) is 2.92. The Balaban J connectivity index is 2.13. The average molecular weight is 312 g/mol. The first-order valence-electron chi connectivity index (χ1n) is 6.77. The van der Waals surface area contributed by atoms with Crippen LogP contribution in [0.2, 0.25) is 5.02 Å². The Hall–Kier alpha value is -2.46. The van der Waals surface area contributed by atoms with Gasteiger partial charge in [0.25, 0.3) is 0 Å². The van der Waals surface area contributed by atoms with Crippen LogP contribution in [0.5, 0.6) is 0 Å². The van der Waals surface area contributed by atoms with Crippen molar-refractivity contribution in [2.24, 2.45) is 0 Å². The molecule has 3 heterocycles. The lowest BCUT2D eigenvalue weighted by atomic mass is 9.98. The minimum absolute atomic E-state index is 0.0154. The Morgan fingerprint density at radius 3 is 2.77 bits per heavy atom. The topological polar surface area (TPSA) is 47.3 Å². The second-order valence-corrected chi connectivity index (χ2v) is 5.56. The summed E-state index contributed by atoms with van der Waals surface area (Å²) in [6, 6.07) is 5.66. The van der Waals surface area contributed by atoms with Crippen molar-refractivity contribution in [1.29, 1.82) is 0 Å². The van der Waals surface area contributed by atoms with Gasteiger partial charge in [-0.05, 0) is 43.2 Å². The molecular formula is C17H14ClN3O. The number of rotatable bonds is 3. The summed E-state index contributed by atoms with van der Waals surface area (Å²) in [4.78, 5) is 15.9. The first-order chi connectivity index (χ1) is 10.5. The summed E-state index contributed by atoms with van der Waals surface area (Å²) in [5, 5.41) is 4.74. The van der Waals surface area contributed by atoms with Crippen LogP contribution in [0, 0.1) is 6.92 Å². The number of Topliss-reactive ketones (excluding diaryl/α,β-unsaturated/α-hetero) is 1. The maximum atomic E-state index is 11.7. The summed E-state index contributed by atoms with van der Waals surface area (Å²) >= 11 is 6.03. The highest BCUT2D eigenvalue weighted by Crippen LogP contribution is 2.27. The van der Waals surface area contributed by atoms with E-state index in [-0.39, 0.29) is 5.78 Å². The normalized spacial score (nSPS) is 10.9. The third-order valence-electron chi connectivity index (χ3n) is 3.63. The molecule has 0 N–H and O–H groups in total. The second kappa shape index (κ2) is 5.39. The summed E-state index contributed by atoms with van der Waals surface area (Å²) in [5.41, 5.74) is 4.82. The molecule has 22 heavy (non-hydrogen) atoms. The van der Waals surface area contributed by atoms with Crippen LogP contribution in [0.25, 0.3) is 11.1 Å². The highest BCUT2D eigenvalue weighted by Gasteiger charge is 2.12. The summed E-state index contributed by atoms with van der Waals surface area (Å²) in [6.07, 6.45) is 5.01. The number of aromatic nitrogens is 3. The summed E-state index contributed by atoms with van der Waals surface area (Å²) in [7, 11) is 0. The molecule has 110 valence electrons. The molecular weight excluding hydrogens is 298 g/mol. The monoisotopic (exact) mass is 311 g/mol. The van der Waals surface area contributed by atoms with Crippen LogP contribution in [-0.2, 0) is 0 Å². The van der Waals surface area contributed by atoms with Gasteiger partial charge in [-0.2, -0.15) is 5.10 Å². The van der Waals surface area contributed by atoms with Gasteiger partial charge in [-0.25, -0.2) is 4.52 Å². The zero-order valence-corrected chi connectivity index (χ0v) is 13.1. The molecule has 0 radical (unpaired) electrons. The van der Waals surface area contributed by atoms with Crippen molar-refractivity contribution in [2.45, 2.75) is 13.8 Å². The number of carbonyl (C=O) groups is 1. The van der Waals surface area contributed by atoms with Crippen molar-refractivity contribution in [3.05, 3.63) is 70.8 Å². The number of hydrogen-bond acceptors (Lipinski definition) is 3. The molecule has 0 saturated heterocycles. The van der Waals surface area contributed by atoms with Crippen molar-refractivity contribution in [3.8, 4) is 0 Å². The standard InChI is InChI=1S/C17H14ClN3O/c1-10(15-7-14(18)8-19-11(15)2)13-4-5-21-17(6-13)16(9-20-21)12(3)22/h4-9H,1H2,2-3H3. The minimum atomic E-state index is -0.0154. The quantitative estimate of drug-likeness (QED) is 0.688. The smallest absolute Gasteiger partial charge is 0.163 e. The van der Waals surface area contributed by atoms with Gasteiger partial charge in [0.05, 0.1) is 22.3 Å². The molecule has 0 amide bonds. The Morgan fingerprint density at radius 1 is 1.27 bits per heavy atom. The number of pyridine rings is 2. The first kappa shape index (κ1) is 14.5. The van der Waals surface area contributed by atoms with E-state index in [2.05, 4.69) is 16.7 Å². The van der Waals surface area contributed by atoms with Crippen molar-refractivity contribution < 1.29 is 4.79 Å². The zero-order valence-electron chi connectivity index (χ0n) is 12.3. The molecule has 0 atom stereocenters. The SMILES string of the molecule is C=C(c1ccn2ncc(C(C)=O)c2c1)c1cc(Cl)cnc1C. The molecule has 0 unspecified atom stereocenters. The number of hydrogen-bond donors (Lipinski definition) is 0. The van der Waals surface area contributed by atoms with Crippen LogP contribution in [0.1, 0.15) is 34.1 Å². The van der Waals surface area contributed by atoms with E-state index >= 15 is 0 Å². The van der Waals surface area contributed by atoms with Crippen LogP contribution >= 0.6 is 11.6 Å². The third kappa shape index (κ3) is 2.42. The van der Waals surface area contributed by atoms with E-state index in [4.69, 9.17) is 11.6 Å². The molecule has 0 saturated carbocycles. The predicted molar refractivity (Wildman–Crippen MR) is 87.3 cm³/mol. The van der Waals surface area contributed by atoms with Crippen molar-refractivity contribution in [1.82, 2.24) is 14.6 Å². The molecule has 0 fully saturated rings. The fraction of sp³-hybridized carbons (Fsp3) is 0.118. The highest BCUT2D eigenvalue weighted by molar-refractivity contribution is 6.30. The maximum Gasteiger partial charge on any atom is 0.163 e. The number of aryl methyl sites for hydroxylation is 1. The Morgan fingerprint density at radius 2 is 2.05 bits per heavy atom. The van der Waals surface area contributed by atoms with Crippen LogP contribution in [0.4, 0.5) is 0 Å². The molecule has 0 bridgehead atoms. The third-order valence-corrected chi connectivity index (χ3v) is 3.83. The van der Waals surface area contributed by atoms with Gasteiger partial charge in [0.1, 0.15) is 0 Å². The summed E-state index contributed by atoms with van der Waals surface area (Å²) in [5.74, 6) is -0.0154. The van der Waals surface area contributed by atoms with E-state index in [1.54, 1.807) is 16.9 Å². The molecule has 0 spiro atoms. The van der Waals surface area contributed by atoms with Crippen molar-refractivity contribution >= 4 is 28.5 Å². The van der Waals surface area contributed by atoms with E-state index in [9.17, 15) is 4.79 Å². The fourth-order valence-electron chi connectivity index (χ4n) is 2.41. The van der Waals surface area contributed by atoms with Crippen LogP contribution in [0.15, 0.2) is 43.4 Å². The van der Waals surface area contributed by atoms with Gasteiger partial charge < -0.3 is 0 Å². The largest absolute Gasteiger partial charge is 0.294 e. The van der Waals surface area contributed by atoms with Crippen LogP contribution in [0.3, 0.4) is 0 Å². The lowest BCUT2D eigenvalue weighted by molar-refractivity contribution is 0.101. The van der Waals surface area contributed by atoms with E-state index < -0.39 is 0 Å². The fourth-order valence-corrected chi connectivity index (χ4v) is 2.57. The lowest BCUT2D eigenvalue weighted by Gasteiger charge is -2.10. The van der Waals surface area contributed by atoms with Gasteiger partial charge in [-0.3, -0.25) is 9.78 Å². The number of ketones is 1. The lowest BCUT2D eigenvalue weighted by Crippen LogP contribution is -1.96. The van der Waals surface area contributed by atoms with E-state index in [1.807, 2.05) is 31.3 Å². The highest BCUT2D eigenvalue weighted by atomic mass is 35.5. The number of halogens is 1. The Bertz CT molecular complexity index is 911. The van der Waals surface area contributed by atoms with Crippen molar-refractivity contribution in [3.63, 3.8) is 0 Å². The molecule has 0 aliphatic carbocycles. The van der Waals surface area contributed by atoms with E-state index in [1.165, 1.54) is 6.92 Å². The number of fused-ring (bicyclic) bond motifs is 1. The van der Waals surface area contributed by atoms with Crippen LogP contribution < -0.4 is 0 Å². The zero-order chi connectivity index (χ0) is 15.9. The van der Waals surface area contributed by atoms with E-state index in [0.29, 0.717) is 10.6 Å². The maximum absolute atomic E-state index is 11.7. The first-order valence-corrected chi connectivity index (χ1v) is 7.15. The molecule has 3 aromatic rings. The Kier molecular flexibility index (Phi) is 3.54. The summed E-state index contributed by atoms with van der Waals surface area (Å²) in [6.45, 7) is 7.59. The minimum Gasteiger partial charge on any atom is -0.294 e. The molecule has 4 nitrogen and oxygen atoms in total. The van der Waals surface area contributed by atoms with E-state index in [0.717, 1.165) is 27.9 Å². The van der Waals surface area contributed by atoms with Crippen LogP contribution in [-0.4, -0.2) is 20.4 Å². The Labute approximate surface area is 133 Å². The van der Waals surface area contributed by atoms with Gasteiger partial charge in [0.2, 0.25) is 0 Å².